The Bertz CT molecular complexity index is 449. The number of Topliss-reactive ketones (excluding diaryl/α,β-unsaturated/α-hetero) is 2. The number of hydrogen-bond donors (Lipinski definition) is 0. The SMILES string of the molecule is O=C1C2C3C=CC(C3)C2C(=O)C2C3CCC(C3)C12. The Morgan fingerprint density at radius 1 is 0.722 bits per heavy atom. The van der Waals surface area contributed by atoms with Crippen LogP contribution in [-0.2, 0) is 9.59 Å². The summed E-state index contributed by atoms with van der Waals surface area (Å²) in [4.78, 5) is 25.7. The topological polar surface area (TPSA) is 34.1 Å². The highest BCUT2D eigenvalue weighted by Gasteiger charge is 2.64. The minimum atomic E-state index is 0.0769. The van der Waals surface area contributed by atoms with E-state index in [1.165, 1.54) is 12.8 Å². The minimum Gasteiger partial charge on any atom is -0.299 e. The lowest BCUT2D eigenvalue weighted by Crippen LogP contribution is -2.50. The molecule has 0 radical (unpaired) electrons. The van der Waals surface area contributed by atoms with E-state index < -0.39 is 0 Å². The molecule has 5 aliphatic carbocycles. The lowest BCUT2D eigenvalue weighted by atomic mass is 9.59. The van der Waals surface area contributed by atoms with Crippen molar-refractivity contribution >= 4 is 11.6 Å². The first-order chi connectivity index (χ1) is 8.75. The average molecular weight is 242 g/mol. The summed E-state index contributed by atoms with van der Waals surface area (Å²) in [5.41, 5.74) is 0. The van der Waals surface area contributed by atoms with Crippen LogP contribution in [0, 0.1) is 47.3 Å². The van der Waals surface area contributed by atoms with E-state index in [0.717, 1.165) is 12.8 Å². The zero-order valence-corrected chi connectivity index (χ0v) is 10.4. The Balaban J connectivity index is 1.63. The van der Waals surface area contributed by atoms with Crippen molar-refractivity contribution in [2.45, 2.75) is 25.7 Å². The molecule has 0 aromatic carbocycles. The van der Waals surface area contributed by atoms with Gasteiger partial charge < -0.3 is 0 Å². The number of carbonyl (C=O) groups is 2. The highest BCUT2D eigenvalue weighted by atomic mass is 16.1. The van der Waals surface area contributed by atoms with Gasteiger partial charge >= 0.3 is 0 Å². The number of fused-ring (bicyclic) bond motifs is 10. The molecule has 5 aliphatic rings. The van der Waals surface area contributed by atoms with Gasteiger partial charge in [-0.15, -0.1) is 0 Å². The number of ketones is 2. The normalized spacial score (nSPS) is 59.3. The molecule has 0 heterocycles. The van der Waals surface area contributed by atoms with Crippen LogP contribution in [0.2, 0.25) is 0 Å². The molecule has 8 unspecified atom stereocenters. The van der Waals surface area contributed by atoms with Crippen LogP contribution in [-0.4, -0.2) is 11.6 Å². The monoisotopic (exact) mass is 242 g/mol. The van der Waals surface area contributed by atoms with Crippen LogP contribution in [0.3, 0.4) is 0 Å². The maximum absolute atomic E-state index is 12.8. The van der Waals surface area contributed by atoms with E-state index in [2.05, 4.69) is 12.2 Å². The molecule has 5 rings (SSSR count). The molecule has 0 saturated heterocycles. The zero-order chi connectivity index (χ0) is 12.0. The van der Waals surface area contributed by atoms with E-state index in [9.17, 15) is 9.59 Å². The summed E-state index contributed by atoms with van der Waals surface area (Å²) < 4.78 is 0. The van der Waals surface area contributed by atoms with Gasteiger partial charge in [-0.05, 0) is 49.4 Å². The van der Waals surface area contributed by atoms with E-state index in [1.807, 2.05) is 0 Å². The standard InChI is InChI=1S/C16H18O2/c17-15-11-7-1-2-8(5-7)12(11)16(18)14-10-4-3-9(6-10)13(14)15/h1-2,7-14H,3-6H2. The van der Waals surface area contributed by atoms with Gasteiger partial charge in [0.1, 0.15) is 11.6 Å². The third-order valence-electron chi connectivity index (χ3n) is 6.69. The van der Waals surface area contributed by atoms with Crippen molar-refractivity contribution in [1.29, 1.82) is 0 Å². The molecular weight excluding hydrogens is 224 g/mol. The molecule has 0 aromatic rings. The predicted molar refractivity (Wildman–Crippen MR) is 65.5 cm³/mol. The molecule has 2 heteroatoms. The van der Waals surface area contributed by atoms with Gasteiger partial charge in [0.2, 0.25) is 0 Å². The van der Waals surface area contributed by atoms with Crippen molar-refractivity contribution in [1.82, 2.24) is 0 Å². The zero-order valence-electron chi connectivity index (χ0n) is 10.4. The molecule has 94 valence electrons. The van der Waals surface area contributed by atoms with Gasteiger partial charge in [0, 0.05) is 23.7 Å². The molecule has 0 aromatic heterocycles. The Hall–Kier alpha value is -0.920. The van der Waals surface area contributed by atoms with Crippen molar-refractivity contribution < 1.29 is 9.59 Å². The van der Waals surface area contributed by atoms with Crippen LogP contribution < -0.4 is 0 Å². The highest BCUT2D eigenvalue weighted by Crippen LogP contribution is 2.62. The van der Waals surface area contributed by atoms with Crippen LogP contribution in [0.5, 0.6) is 0 Å². The Labute approximate surface area is 107 Å². The first-order valence-corrected chi connectivity index (χ1v) is 7.51. The predicted octanol–water partition coefficient (Wildman–Crippen LogP) is 2.24. The second kappa shape index (κ2) is 2.97. The van der Waals surface area contributed by atoms with Crippen molar-refractivity contribution in [3.63, 3.8) is 0 Å². The molecule has 0 N–H and O–H groups in total. The Morgan fingerprint density at radius 3 is 1.72 bits per heavy atom. The maximum atomic E-state index is 12.8. The van der Waals surface area contributed by atoms with Crippen molar-refractivity contribution in [3.8, 4) is 0 Å². The lowest BCUT2D eigenvalue weighted by molar-refractivity contribution is -0.150. The Kier molecular flexibility index (Phi) is 1.64. The summed E-state index contributed by atoms with van der Waals surface area (Å²) in [5, 5.41) is 0. The largest absolute Gasteiger partial charge is 0.299 e. The molecule has 8 atom stereocenters. The third-order valence-corrected chi connectivity index (χ3v) is 6.69. The van der Waals surface area contributed by atoms with Gasteiger partial charge in [-0.25, -0.2) is 0 Å². The number of carbonyl (C=O) groups excluding carboxylic acids is 2. The molecule has 2 nitrogen and oxygen atoms in total. The van der Waals surface area contributed by atoms with E-state index in [1.54, 1.807) is 0 Å². The molecule has 18 heavy (non-hydrogen) atoms. The molecule has 0 spiro atoms. The van der Waals surface area contributed by atoms with Crippen LogP contribution in [0.15, 0.2) is 12.2 Å². The fourth-order valence-electron chi connectivity index (χ4n) is 6.15. The highest BCUT2D eigenvalue weighted by molar-refractivity contribution is 6.01. The molecule has 0 amide bonds. The first kappa shape index (κ1) is 9.94. The first-order valence-electron chi connectivity index (χ1n) is 7.51. The molecular formula is C16H18O2. The van der Waals surface area contributed by atoms with Gasteiger partial charge in [-0.3, -0.25) is 9.59 Å². The van der Waals surface area contributed by atoms with E-state index in [4.69, 9.17) is 0 Å². The lowest BCUT2D eigenvalue weighted by Gasteiger charge is -2.41. The van der Waals surface area contributed by atoms with Crippen LogP contribution in [0.1, 0.15) is 25.7 Å². The van der Waals surface area contributed by atoms with Crippen molar-refractivity contribution in [2.75, 3.05) is 0 Å². The summed E-state index contributed by atoms with van der Waals surface area (Å²) in [6, 6.07) is 0. The van der Waals surface area contributed by atoms with Crippen LogP contribution >= 0.6 is 0 Å². The van der Waals surface area contributed by atoms with E-state index in [0.29, 0.717) is 35.2 Å². The van der Waals surface area contributed by atoms with Gasteiger partial charge in [0.15, 0.2) is 0 Å². The maximum Gasteiger partial charge on any atom is 0.141 e. The Morgan fingerprint density at radius 2 is 1.22 bits per heavy atom. The molecule has 4 bridgehead atoms. The summed E-state index contributed by atoms with van der Waals surface area (Å²) in [7, 11) is 0. The number of rotatable bonds is 0. The summed E-state index contributed by atoms with van der Waals surface area (Å²) in [6.07, 6.45) is 9.06. The molecule has 4 fully saturated rings. The van der Waals surface area contributed by atoms with Crippen molar-refractivity contribution in [3.05, 3.63) is 12.2 Å². The minimum absolute atomic E-state index is 0.0769. The molecule has 0 aliphatic heterocycles. The van der Waals surface area contributed by atoms with Crippen LogP contribution in [0.25, 0.3) is 0 Å². The van der Waals surface area contributed by atoms with E-state index >= 15 is 0 Å². The van der Waals surface area contributed by atoms with E-state index in [-0.39, 0.29) is 23.7 Å². The second-order valence-electron chi connectivity index (χ2n) is 7.19. The van der Waals surface area contributed by atoms with Crippen LogP contribution in [0.4, 0.5) is 0 Å². The third kappa shape index (κ3) is 0.918. The smallest absolute Gasteiger partial charge is 0.141 e. The van der Waals surface area contributed by atoms with Gasteiger partial charge in [-0.1, -0.05) is 12.2 Å². The second-order valence-corrected chi connectivity index (χ2v) is 7.19. The van der Waals surface area contributed by atoms with Gasteiger partial charge in [-0.2, -0.15) is 0 Å². The quantitative estimate of drug-likeness (QED) is 0.610. The summed E-state index contributed by atoms with van der Waals surface area (Å²) in [5.74, 6) is 3.29. The molecule has 4 saturated carbocycles. The van der Waals surface area contributed by atoms with Gasteiger partial charge in [0.25, 0.3) is 0 Å². The summed E-state index contributed by atoms with van der Waals surface area (Å²) >= 11 is 0. The van der Waals surface area contributed by atoms with Crippen molar-refractivity contribution in [2.24, 2.45) is 47.3 Å². The fraction of sp³-hybridized carbons (Fsp3) is 0.750. The average Bonchev–Trinajstić information content (AvgIpc) is 3.10. The number of allylic oxidation sites excluding steroid dienone is 2. The number of hydrogen-bond acceptors (Lipinski definition) is 2. The fourth-order valence-corrected chi connectivity index (χ4v) is 6.15. The van der Waals surface area contributed by atoms with Gasteiger partial charge in [0.05, 0.1) is 0 Å². The summed E-state index contributed by atoms with van der Waals surface area (Å²) in [6.45, 7) is 0.